The lowest BCUT2D eigenvalue weighted by molar-refractivity contribution is -0.384. The average molecular weight is 477 g/mol. The second kappa shape index (κ2) is 8.23. The Balaban J connectivity index is 1.65. The van der Waals surface area contributed by atoms with Crippen LogP contribution in [-0.4, -0.2) is 15.2 Å². The van der Waals surface area contributed by atoms with Crippen LogP contribution in [0.25, 0.3) is 17.4 Å². The number of anilines is 1. The Morgan fingerprint density at radius 2 is 1.90 bits per heavy atom. The number of hydrogen-bond acceptors (Lipinski definition) is 6. The smallest absolute Gasteiger partial charge is 0.280 e. The fourth-order valence-corrected chi connectivity index (χ4v) is 4.64. The number of carbonyl (C=O) groups excluding carboxylic acids is 1. The van der Waals surface area contributed by atoms with Gasteiger partial charge in [-0.25, -0.2) is 0 Å². The molecule has 0 N–H and O–H groups in total. The molecule has 1 saturated heterocycles. The third-order valence-electron chi connectivity index (χ3n) is 4.21. The summed E-state index contributed by atoms with van der Waals surface area (Å²) in [6, 6.07) is 14.3. The summed E-state index contributed by atoms with van der Waals surface area (Å²) in [5.74, 6) is 0.341. The number of thiocarbonyl (C=S) groups is 1. The van der Waals surface area contributed by atoms with Crippen molar-refractivity contribution >= 4 is 74.9 Å². The van der Waals surface area contributed by atoms with Crippen molar-refractivity contribution in [2.75, 3.05) is 4.90 Å². The molecule has 1 aliphatic rings. The summed E-state index contributed by atoms with van der Waals surface area (Å²) in [7, 11) is 0. The summed E-state index contributed by atoms with van der Waals surface area (Å²) in [4.78, 5) is 25.3. The van der Waals surface area contributed by atoms with E-state index in [1.807, 2.05) is 0 Å². The van der Waals surface area contributed by atoms with Crippen LogP contribution in [0.5, 0.6) is 0 Å². The van der Waals surface area contributed by atoms with Gasteiger partial charge in [0.2, 0.25) is 0 Å². The van der Waals surface area contributed by atoms with Gasteiger partial charge in [0.25, 0.3) is 11.6 Å². The normalized spacial score (nSPS) is 15.3. The maximum absolute atomic E-state index is 12.9. The SMILES string of the molecule is O=C1C(=Cc2ccc(-c3ccccc3[N+](=O)[O-])o2)SC(=S)N1c1ccc(Cl)cc1Cl. The fourth-order valence-electron chi connectivity index (χ4n) is 2.88. The fraction of sp³-hybridized carbons (Fsp3) is 0. The summed E-state index contributed by atoms with van der Waals surface area (Å²) in [6.07, 6.45) is 1.54. The summed E-state index contributed by atoms with van der Waals surface area (Å²) >= 11 is 18.6. The number of furan rings is 1. The van der Waals surface area contributed by atoms with Gasteiger partial charge in [0, 0.05) is 17.2 Å². The van der Waals surface area contributed by atoms with Gasteiger partial charge >= 0.3 is 0 Å². The third kappa shape index (κ3) is 3.87. The lowest BCUT2D eigenvalue weighted by atomic mass is 10.1. The van der Waals surface area contributed by atoms with Crippen molar-refractivity contribution in [3.8, 4) is 11.3 Å². The molecule has 1 aliphatic heterocycles. The molecule has 0 atom stereocenters. The highest BCUT2D eigenvalue weighted by atomic mass is 35.5. The summed E-state index contributed by atoms with van der Waals surface area (Å²) in [5, 5.41) is 12.0. The molecule has 0 spiro atoms. The Labute approximate surface area is 190 Å². The zero-order chi connectivity index (χ0) is 21.4. The first kappa shape index (κ1) is 20.6. The van der Waals surface area contributed by atoms with Gasteiger partial charge in [0.05, 0.1) is 26.1 Å². The number of nitro benzene ring substituents is 1. The number of nitrogens with zero attached hydrogens (tertiary/aromatic N) is 2. The number of carbonyl (C=O) groups is 1. The van der Waals surface area contributed by atoms with Crippen molar-refractivity contribution in [2.45, 2.75) is 0 Å². The average Bonchev–Trinajstić information content (AvgIpc) is 3.27. The molecule has 0 saturated carbocycles. The van der Waals surface area contributed by atoms with Crippen LogP contribution in [0.1, 0.15) is 5.76 Å². The Morgan fingerprint density at radius 1 is 1.13 bits per heavy atom. The minimum absolute atomic E-state index is 0.0675. The molecule has 3 aromatic rings. The first-order valence-corrected chi connectivity index (χ1v) is 10.4. The second-order valence-electron chi connectivity index (χ2n) is 6.09. The van der Waals surface area contributed by atoms with E-state index in [1.165, 1.54) is 17.0 Å². The van der Waals surface area contributed by atoms with Crippen molar-refractivity contribution in [3.63, 3.8) is 0 Å². The summed E-state index contributed by atoms with van der Waals surface area (Å²) in [6.45, 7) is 0. The van der Waals surface area contributed by atoms with E-state index < -0.39 is 4.92 Å². The monoisotopic (exact) mass is 476 g/mol. The molecule has 10 heteroatoms. The number of thioether (sulfide) groups is 1. The van der Waals surface area contributed by atoms with Gasteiger partial charge in [0.1, 0.15) is 11.5 Å². The van der Waals surface area contributed by atoms with Crippen LogP contribution >= 0.6 is 47.2 Å². The van der Waals surface area contributed by atoms with E-state index in [2.05, 4.69) is 0 Å². The standard InChI is InChI=1S/C20H10Cl2N2O4S2/c21-11-5-7-16(14(22)9-11)23-19(25)18(30-20(23)29)10-12-6-8-17(28-12)13-3-1-2-4-15(13)24(26)27/h1-10H. The van der Waals surface area contributed by atoms with Gasteiger partial charge in [-0.3, -0.25) is 19.8 Å². The molecule has 1 aromatic heterocycles. The number of benzene rings is 2. The highest BCUT2D eigenvalue weighted by Gasteiger charge is 2.34. The van der Waals surface area contributed by atoms with Crippen molar-refractivity contribution in [2.24, 2.45) is 0 Å². The van der Waals surface area contributed by atoms with Crippen LogP contribution in [0.3, 0.4) is 0 Å². The number of halogens is 2. The highest BCUT2D eigenvalue weighted by molar-refractivity contribution is 8.27. The molecule has 0 unspecified atom stereocenters. The lowest BCUT2D eigenvalue weighted by Gasteiger charge is -2.16. The second-order valence-corrected chi connectivity index (χ2v) is 8.61. The minimum Gasteiger partial charge on any atom is -0.456 e. The minimum atomic E-state index is -0.474. The zero-order valence-electron chi connectivity index (χ0n) is 14.9. The zero-order valence-corrected chi connectivity index (χ0v) is 18.0. The van der Waals surface area contributed by atoms with Crippen LogP contribution in [-0.2, 0) is 4.79 Å². The van der Waals surface area contributed by atoms with Crippen LogP contribution in [0.15, 0.2) is 63.9 Å². The maximum Gasteiger partial charge on any atom is 0.280 e. The van der Waals surface area contributed by atoms with E-state index in [1.54, 1.807) is 48.5 Å². The number of nitro groups is 1. The molecular formula is C20H10Cl2N2O4S2. The van der Waals surface area contributed by atoms with Crippen LogP contribution in [0.4, 0.5) is 11.4 Å². The Hall–Kier alpha value is -2.65. The van der Waals surface area contributed by atoms with Crippen molar-refractivity contribution in [1.29, 1.82) is 0 Å². The lowest BCUT2D eigenvalue weighted by Crippen LogP contribution is -2.27. The quantitative estimate of drug-likeness (QED) is 0.183. The van der Waals surface area contributed by atoms with Gasteiger partial charge in [-0.05, 0) is 36.4 Å². The molecule has 0 radical (unpaired) electrons. The summed E-state index contributed by atoms with van der Waals surface area (Å²) in [5.41, 5.74) is 0.719. The molecule has 150 valence electrons. The van der Waals surface area contributed by atoms with Gasteiger partial charge in [-0.1, -0.05) is 59.3 Å². The number of para-hydroxylation sites is 1. The van der Waals surface area contributed by atoms with Crippen LogP contribution < -0.4 is 4.90 Å². The van der Waals surface area contributed by atoms with Crippen molar-refractivity contribution in [3.05, 3.63) is 85.4 Å². The number of amides is 1. The predicted octanol–water partition coefficient (Wildman–Crippen LogP) is 6.57. The molecule has 2 aromatic carbocycles. The predicted molar refractivity (Wildman–Crippen MR) is 123 cm³/mol. The van der Waals surface area contributed by atoms with E-state index in [-0.39, 0.29) is 11.6 Å². The molecule has 30 heavy (non-hydrogen) atoms. The molecule has 0 aliphatic carbocycles. The Kier molecular flexibility index (Phi) is 5.66. The summed E-state index contributed by atoms with van der Waals surface area (Å²) < 4.78 is 6.06. The number of hydrogen-bond donors (Lipinski definition) is 0. The molecule has 0 bridgehead atoms. The van der Waals surface area contributed by atoms with E-state index in [0.29, 0.717) is 42.0 Å². The van der Waals surface area contributed by atoms with Crippen LogP contribution in [0, 0.1) is 10.1 Å². The number of rotatable bonds is 4. The first-order chi connectivity index (χ1) is 14.3. The van der Waals surface area contributed by atoms with Crippen molar-refractivity contribution in [1.82, 2.24) is 0 Å². The Morgan fingerprint density at radius 3 is 2.63 bits per heavy atom. The molecule has 4 rings (SSSR count). The maximum atomic E-state index is 12.9. The van der Waals surface area contributed by atoms with E-state index in [0.717, 1.165) is 11.8 Å². The van der Waals surface area contributed by atoms with Gasteiger partial charge in [0.15, 0.2) is 4.32 Å². The van der Waals surface area contributed by atoms with Crippen LogP contribution in [0.2, 0.25) is 10.0 Å². The Bertz CT molecular complexity index is 1240. The largest absolute Gasteiger partial charge is 0.456 e. The molecule has 6 nitrogen and oxygen atoms in total. The van der Waals surface area contributed by atoms with Gasteiger partial charge in [-0.15, -0.1) is 0 Å². The topological polar surface area (TPSA) is 76.6 Å². The molecule has 1 fully saturated rings. The molecule has 2 heterocycles. The van der Waals surface area contributed by atoms with Gasteiger partial charge in [-0.2, -0.15) is 0 Å². The third-order valence-corrected chi connectivity index (χ3v) is 6.05. The van der Waals surface area contributed by atoms with E-state index in [4.69, 9.17) is 39.8 Å². The first-order valence-electron chi connectivity index (χ1n) is 8.42. The van der Waals surface area contributed by atoms with E-state index in [9.17, 15) is 14.9 Å². The van der Waals surface area contributed by atoms with Gasteiger partial charge < -0.3 is 4.42 Å². The molecule has 1 amide bonds. The highest BCUT2D eigenvalue weighted by Crippen LogP contribution is 2.40. The van der Waals surface area contributed by atoms with Crippen molar-refractivity contribution < 1.29 is 14.1 Å². The van der Waals surface area contributed by atoms with E-state index >= 15 is 0 Å². The molecular weight excluding hydrogens is 467 g/mol.